The van der Waals surface area contributed by atoms with E-state index in [2.05, 4.69) is 20.9 Å². The number of rotatable bonds is 3. The number of halogens is 3. The monoisotopic (exact) mass is 329 g/mol. The van der Waals surface area contributed by atoms with Gasteiger partial charge in [-0.1, -0.05) is 15.9 Å². The molecule has 7 heteroatoms. The molecule has 98 valence electrons. The molecule has 19 heavy (non-hydrogen) atoms. The lowest BCUT2D eigenvalue weighted by Gasteiger charge is -2.08. The van der Waals surface area contributed by atoms with Crippen LogP contribution in [0.4, 0.5) is 8.78 Å². The molecule has 0 atom stereocenters. The first-order chi connectivity index (χ1) is 8.97. The zero-order valence-corrected chi connectivity index (χ0v) is 10.8. The van der Waals surface area contributed by atoms with Gasteiger partial charge in [0.2, 0.25) is 0 Å². The minimum Gasteiger partial charge on any atom is -0.478 e. The molecule has 0 bridgehead atoms. The summed E-state index contributed by atoms with van der Waals surface area (Å²) < 4.78 is 31.7. The van der Waals surface area contributed by atoms with Gasteiger partial charge in [-0.2, -0.15) is 0 Å². The Morgan fingerprint density at radius 2 is 2.05 bits per heavy atom. The standard InChI is InChI=1S/C12H6BrF2NO3/c13-6-1-2-8(12(17)18)10(3-6)19-11-9(15)4-7(14)5-16-11/h1-5H,(H,17,18). The molecule has 0 saturated heterocycles. The van der Waals surface area contributed by atoms with E-state index in [9.17, 15) is 13.6 Å². The topological polar surface area (TPSA) is 59.4 Å². The largest absolute Gasteiger partial charge is 0.478 e. The Hall–Kier alpha value is -2.02. The summed E-state index contributed by atoms with van der Waals surface area (Å²) in [5, 5.41) is 8.98. The van der Waals surface area contributed by atoms with Crippen molar-refractivity contribution in [3.05, 3.63) is 52.1 Å². The molecule has 0 aliphatic rings. The number of carboxylic acids is 1. The van der Waals surface area contributed by atoms with Gasteiger partial charge < -0.3 is 9.84 Å². The molecule has 1 aromatic carbocycles. The maximum atomic E-state index is 13.4. The second kappa shape index (κ2) is 5.31. The Balaban J connectivity index is 2.42. The molecule has 1 heterocycles. The fraction of sp³-hybridized carbons (Fsp3) is 0. The summed E-state index contributed by atoms with van der Waals surface area (Å²) in [5.41, 5.74) is -0.159. The zero-order valence-electron chi connectivity index (χ0n) is 9.23. The fourth-order valence-electron chi connectivity index (χ4n) is 1.34. The quantitative estimate of drug-likeness (QED) is 0.934. The predicted octanol–water partition coefficient (Wildman–Crippen LogP) is 3.61. The Bertz CT molecular complexity index is 649. The maximum absolute atomic E-state index is 13.4. The number of pyridine rings is 1. The van der Waals surface area contributed by atoms with Crippen molar-refractivity contribution in [2.24, 2.45) is 0 Å². The van der Waals surface area contributed by atoms with Crippen LogP contribution in [0.5, 0.6) is 11.6 Å². The minimum absolute atomic E-state index is 0.0973. The van der Waals surface area contributed by atoms with Crippen molar-refractivity contribution < 1.29 is 23.4 Å². The van der Waals surface area contributed by atoms with Crippen molar-refractivity contribution in [1.29, 1.82) is 0 Å². The SMILES string of the molecule is O=C(O)c1ccc(Br)cc1Oc1ncc(F)cc1F. The maximum Gasteiger partial charge on any atom is 0.339 e. The molecule has 0 amide bonds. The van der Waals surface area contributed by atoms with Crippen molar-refractivity contribution >= 4 is 21.9 Å². The van der Waals surface area contributed by atoms with Gasteiger partial charge in [0.1, 0.15) is 17.1 Å². The summed E-state index contributed by atoms with van der Waals surface area (Å²) >= 11 is 3.14. The Kier molecular flexibility index (Phi) is 3.75. The highest BCUT2D eigenvalue weighted by molar-refractivity contribution is 9.10. The van der Waals surface area contributed by atoms with Crippen molar-refractivity contribution in [2.75, 3.05) is 0 Å². The van der Waals surface area contributed by atoms with Crippen LogP contribution in [0, 0.1) is 11.6 Å². The third-order valence-electron chi connectivity index (χ3n) is 2.15. The fourth-order valence-corrected chi connectivity index (χ4v) is 1.68. The first-order valence-electron chi connectivity index (χ1n) is 4.99. The van der Waals surface area contributed by atoms with Gasteiger partial charge in [0.25, 0.3) is 5.88 Å². The van der Waals surface area contributed by atoms with Crippen LogP contribution in [0.3, 0.4) is 0 Å². The smallest absolute Gasteiger partial charge is 0.339 e. The Morgan fingerprint density at radius 1 is 1.32 bits per heavy atom. The summed E-state index contributed by atoms with van der Waals surface area (Å²) in [6.45, 7) is 0. The van der Waals surface area contributed by atoms with Crippen molar-refractivity contribution in [3.8, 4) is 11.6 Å². The number of aromatic nitrogens is 1. The summed E-state index contributed by atoms with van der Waals surface area (Å²) in [6, 6.07) is 4.75. The number of aromatic carboxylic acids is 1. The molecule has 0 aliphatic heterocycles. The molecule has 0 aliphatic carbocycles. The van der Waals surface area contributed by atoms with Crippen LogP contribution < -0.4 is 4.74 Å². The Labute approximate surface area is 114 Å². The lowest BCUT2D eigenvalue weighted by molar-refractivity contribution is 0.0694. The van der Waals surface area contributed by atoms with Crippen molar-refractivity contribution in [1.82, 2.24) is 4.98 Å². The van der Waals surface area contributed by atoms with Crippen molar-refractivity contribution in [2.45, 2.75) is 0 Å². The number of ether oxygens (including phenoxy) is 1. The van der Waals surface area contributed by atoms with Crippen LogP contribution >= 0.6 is 15.9 Å². The Morgan fingerprint density at radius 3 is 2.68 bits per heavy atom. The van der Waals surface area contributed by atoms with Crippen LogP contribution in [0.15, 0.2) is 34.9 Å². The molecular weight excluding hydrogens is 324 g/mol. The minimum atomic E-state index is -1.23. The van der Waals surface area contributed by atoms with Gasteiger partial charge in [-0.25, -0.2) is 18.6 Å². The van der Waals surface area contributed by atoms with E-state index in [4.69, 9.17) is 9.84 Å². The predicted molar refractivity (Wildman–Crippen MR) is 65.3 cm³/mol. The second-order valence-electron chi connectivity index (χ2n) is 3.49. The number of nitrogens with zero attached hydrogens (tertiary/aromatic N) is 1. The summed E-state index contributed by atoms with van der Waals surface area (Å²) in [5.74, 6) is -3.69. The molecule has 1 aromatic heterocycles. The molecule has 2 aromatic rings. The van der Waals surface area contributed by atoms with Gasteiger partial charge in [0, 0.05) is 10.5 Å². The first kappa shape index (κ1) is 13.4. The average Bonchev–Trinajstić information content (AvgIpc) is 2.32. The molecule has 0 radical (unpaired) electrons. The highest BCUT2D eigenvalue weighted by Crippen LogP contribution is 2.29. The highest BCUT2D eigenvalue weighted by Gasteiger charge is 2.15. The van der Waals surface area contributed by atoms with Gasteiger partial charge >= 0.3 is 5.97 Å². The van der Waals surface area contributed by atoms with E-state index in [1.54, 1.807) is 0 Å². The van der Waals surface area contributed by atoms with Crippen LogP contribution in [-0.4, -0.2) is 16.1 Å². The van der Waals surface area contributed by atoms with Gasteiger partial charge in [0.05, 0.1) is 6.20 Å². The van der Waals surface area contributed by atoms with E-state index in [1.807, 2.05) is 0 Å². The molecule has 0 saturated carbocycles. The number of benzene rings is 1. The van der Waals surface area contributed by atoms with Crippen LogP contribution in [0.1, 0.15) is 10.4 Å². The molecule has 1 N–H and O–H groups in total. The number of hydrogen-bond donors (Lipinski definition) is 1. The van der Waals surface area contributed by atoms with Gasteiger partial charge in [-0.3, -0.25) is 0 Å². The third kappa shape index (κ3) is 3.05. The molecular formula is C12H6BrF2NO3. The van der Waals surface area contributed by atoms with Crippen LogP contribution in [-0.2, 0) is 0 Å². The van der Waals surface area contributed by atoms with Crippen LogP contribution in [0.2, 0.25) is 0 Å². The lowest BCUT2D eigenvalue weighted by atomic mass is 10.2. The van der Waals surface area contributed by atoms with Gasteiger partial charge in [-0.05, 0) is 18.2 Å². The zero-order chi connectivity index (χ0) is 14.0. The second-order valence-corrected chi connectivity index (χ2v) is 4.40. The number of carboxylic acid groups (broad SMARTS) is 1. The van der Waals surface area contributed by atoms with E-state index < -0.39 is 23.5 Å². The summed E-state index contributed by atoms with van der Waals surface area (Å²) in [6.07, 6.45) is 0.775. The highest BCUT2D eigenvalue weighted by atomic mass is 79.9. The van der Waals surface area contributed by atoms with E-state index in [1.165, 1.54) is 18.2 Å². The molecule has 0 spiro atoms. The molecule has 4 nitrogen and oxygen atoms in total. The van der Waals surface area contributed by atoms with Gasteiger partial charge in [-0.15, -0.1) is 0 Å². The summed E-state index contributed by atoms with van der Waals surface area (Å²) in [4.78, 5) is 14.4. The lowest BCUT2D eigenvalue weighted by Crippen LogP contribution is -2.01. The third-order valence-corrected chi connectivity index (χ3v) is 2.65. The molecule has 0 unspecified atom stereocenters. The van der Waals surface area contributed by atoms with E-state index >= 15 is 0 Å². The normalized spacial score (nSPS) is 10.3. The van der Waals surface area contributed by atoms with Gasteiger partial charge in [0.15, 0.2) is 5.82 Å². The molecule has 0 fully saturated rings. The summed E-state index contributed by atoms with van der Waals surface area (Å²) in [7, 11) is 0. The molecule has 2 rings (SSSR count). The van der Waals surface area contributed by atoms with E-state index in [0.717, 1.165) is 6.20 Å². The van der Waals surface area contributed by atoms with E-state index in [0.29, 0.717) is 10.5 Å². The first-order valence-corrected chi connectivity index (χ1v) is 5.78. The average molecular weight is 330 g/mol. The van der Waals surface area contributed by atoms with Crippen LogP contribution in [0.25, 0.3) is 0 Å². The number of hydrogen-bond acceptors (Lipinski definition) is 3. The van der Waals surface area contributed by atoms with Crippen molar-refractivity contribution in [3.63, 3.8) is 0 Å². The van der Waals surface area contributed by atoms with E-state index in [-0.39, 0.29) is 11.3 Å². The number of carbonyl (C=O) groups is 1.